The third-order valence-corrected chi connectivity index (χ3v) is 16.3. The molecule has 4 fully saturated rings. The summed E-state index contributed by atoms with van der Waals surface area (Å²) in [6.45, 7) is 6.38. The van der Waals surface area contributed by atoms with Crippen molar-refractivity contribution < 1.29 is 75.3 Å². The molecule has 5 aromatic rings. The van der Waals surface area contributed by atoms with Crippen molar-refractivity contribution in [1.82, 2.24) is 50.8 Å². The number of oxazole rings is 1. The van der Waals surface area contributed by atoms with Gasteiger partial charge in [0.15, 0.2) is 5.78 Å². The van der Waals surface area contributed by atoms with Gasteiger partial charge in [-0.3, -0.25) is 58.4 Å². The Morgan fingerprint density at radius 2 is 1.67 bits per heavy atom. The second-order valence-electron chi connectivity index (χ2n) is 24.0. The first-order valence-corrected chi connectivity index (χ1v) is 30.3. The molecule has 3 aromatic heterocycles. The minimum Gasteiger partial charge on any atom is -0.459 e. The number of carbonyl (C=O) groups excluding carboxylic acids is 9. The van der Waals surface area contributed by atoms with E-state index in [0.717, 1.165) is 35.8 Å². The maximum Gasteiger partial charge on any atom is 0.323 e. The van der Waals surface area contributed by atoms with Gasteiger partial charge in [0.05, 0.1) is 56.4 Å². The summed E-state index contributed by atoms with van der Waals surface area (Å²) in [6, 6.07) is 11.1. The molecule has 10 rings (SSSR count). The van der Waals surface area contributed by atoms with E-state index in [-0.39, 0.29) is 100 Å². The molecular weight excluding hydrogens is 1170 g/mol. The largest absolute Gasteiger partial charge is 0.459 e. The molecule has 1 saturated carbocycles. The average Bonchev–Trinajstić information content (AvgIpc) is 1.63. The number of benzene rings is 2. The number of fused-ring (bicyclic) bond motifs is 1. The summed E-state index contributed by atoms with van der Waals surface area (Å²) in [7, 11) is 0. The number of alkyl halides is 2. The number of hydrogen-bond donors (Lipinski definition) is 5. The van der Waals surface area contributed by atoms with Crippen molar-refractivity contribution in [1.29, 1.82) is 0 Å². The molecule has 3 saturated heterocycles. The first-order valence-electron chi connectivity index (χ1n) is 30.3. The summed E-state index contributed by atoms with van der Waals surface area (Å²) in [5.74, 6) is -4.17. The number of halogens is 2. The Hall–Kier alpha value is -8.66. The molecule has 25 nitrogen and oxygen atoms in total. The van der Waals surface area contributed by atoms with Gasteiger partial charge < -0.3 is 49.5 Å². The Balaban J connectivity index is 0.679. The molecule has 5 aliphatic rings. The van der Waals surface area contributed by atoms with Crippen LogP contribution in [-0.2, 0) is 67.1 Å². The van der Waals surface area contributed by atoms with Crippen molar-refractivity contribution >= 4 is 58.8 Å². The fourth-order valence-corrected chi connectivity index (χ4v) is 11.3. The number of carbonyl (C=O) groups is 9. The van der Waals surface area contributed by atoms with Gasteiger partial charge in [-0.05, 0) is 91.9 Å². The molecule has 7 amide bonds. The zero-order valence-corrected chi connectivity index (χ0v) is 50.3. The number of piperidine rings is 1. The van der Waals surface area contributed by atoms with E-state index in [1.165, 1.54) is 40.9 Å². The number of likely N-dealkylation sites (tertiary alicyclic amines) is 1. The third-order valence-electron chi connectivity index (χ3n) is 16.3. The van der Waals surface area contributed by atoms with E-state index >= 15 is 0 Å². The highest BCUT2D eigenvalue weighted by Gasteiger charge is 2.48. The van der Waals surface area contributed by atoms with Crippen LogP contribution in [0.4, 0.5) is 14.5 Å². The standard InChI is InChI=1S/C63H73F2N11O14/c1-63(2,3)54(71-51(79)35-88-27-26-87-25-24-86-23-22-68-44-7-4-6-43-52(44)60(83)76(59(43)82)47-17-18-50(78)72-57(47)81)61(84)74-33-42(90-62(85)45-8-5-20-67-45)30-48(74)56(80)69-31-37-12-15-41(16-13-37)75-32-39(53(73-75)55(64)65)29-49(77)46-34-89-58(70-46)38-19-21-66-40(28-38)14-11-36-9-10-36/h4,6-7,12-13,15-16,19,21,28,32,34,36,42,45,47-48,54-55,67-68H,5,8-11,14,17-18,20,22-27,29-31,33,35H2,1-3H3,(H,69,80)(H,71,79)(H,72,78,81)/t42-,45+,47?,48+,54-/m1/s1. The van der Waals surface area contributed by atoms with Gasteiger partial charge in [0.2, 0.25) is 35.4 Å². The van der Waals surface area contributed by atoms with Gasteiger partial charge in [-0.25, -0.2) is 18.4 Å². The van der Waals surface area contributed by atoms with E-state index in [2.05, 4.69) is 41.7 Å². The lowest BCUT2D eigenvalue weighted by molar-refractivity contribution is -0.151. The first-order chi connectivity index (χ1) is 43.3. The van der Waals surface area contributed by atoms with Crippen LogP contribution in [0, 0.1) is 11.3 Å². The van der Waals surface area contributed by atoms with Gasteiger partial charge in [0.1, 0.15) is 54.5 Å². The fraction of sp³-hybridized carbons (Fsp3) is 0.492. The molecule has 5 N–H and O–H groups in total. The zero-order valence-electron chi connectivity index (χ0n) is 50.3. The van der Waals surface area contributed by atoms with Gasteiger partial charge in [0, 0.05) is 67.3 Å². The molecule has 0 radical (unpaired) electrons. The zero-order chi connectivity index (χ0) is 63.6. The van der Waals surface area contributed by atoms with Crippen LogP contribution < -0.4 is 26.6 Å². The van der Waals surface area contributed by atoms with Crippen molar-refractivity contribution in [3.05, 3.63) is 113 Å². The number of imide groups is 2. The molecule has 27 heteroatoms. The number of ether oxygens (including phenoxy) is 4. The SMILES string of the molecule is CC(C)(C)[C@H](NC(=O)COCCOCCOCCNc1cccc2c1C(=O)N(C1CCC(=O)NC1=O)C2=O)C(=O)N1C[C@H](OC(=O)[C@@H]2CCCN2)C[C@H]1C(=O)NCc1ccc(-n2cc(CC(=O)c3coc(-c4ccnc(CCC5CC5)c4)n3)c(C(F)F)n2)cc1. The molecular formula is C63H73F2N11O14. The molecule has 4 aliphatic heterocycles. The van der Waals surface area contributed by atoms with E-state index in [9.17, 15) is 51.9 Å². The smallest absolute Gasteiger partial charge is 0.323 e. The number of hydrogen-bond acceptors (Lipinski definition) is 19. The number of pyridine rings is 1. The molecule has 2 aromatic carbocycles. The maximum absolute atomic E-state index is 14.6. The first kappa shape index (κ1) is 64.3. The lowest BCUT2D eigenvalue weighted by Gasteiger charge is -2.35. The van der Waals surface area contributed by atoms with E-state index in [1.807, 2.05) is 6.07 Å². The minimum absolute atomic E-state index is 0.00889. The van der Waals surface area contributed by atoms with Crippen molar-refractivity contribution in [2.75, 3.05) is 64.6 Å². The van der Waals surface area contributed by atoms with Crippen molar-refractivity contribution in [2.45, 2.75) is 128 Å². The molecule has 5 atom stereocenters. The van der Waals surface area contributed by atoms with E-state index < -0.39 is 114 Å². The molecule has 478 valence electrons. The number of ketones is 1. The lowest BCUT2D eigenvalue weighted by Crippen LogP contribution is -2.58. The Labute approximate surface area is 517 Å². The van der Waals surface area contributed by atoms with Gasteiger partial charge in [-0.2, -0.15) is 5.10 Å². The number of esters is 1. The molecule has 0 spiro atoms. The number of aryl methyl sites for hydroxylation is 1. The van der Waals surface area contributed by atoms with Crippen LogP contribution in [0.1, 0.15) is 132 Å². The third kappa shape index (κ3) is 15.8. The maximum atomic E-state index is 14.6. The van der Waals surface area contributed by atoms with Crippen LogP contribution in [0.5, 0.6) is 0 Å². The second kappa shape index (κ2) is 28.9. The Morgan fingerprint density at radius 1 is 0.900 bits per heavy atom. The number of aromatic nitrogens is 4. The van der Waals surface area contributed by atoms with Crippen LogP contribution in [0.15, 0.2) is 77.7 Å². The summed E-state index contributed by atoms with van der Waals surface area (Å²) in [5, 5.41) is 18.2. The number of nitrogens with zero attached hydrogens (tertiary/aromatic N) is 6. The van der Waals surface area contributed by atoms with Crippen molar-refractivity contribution in [3.63, 3.8) is 0 Å². The van der Waals surface area contributed by atoms with Crippen LogP contribution in [0.3, 0.4) is 0 Å². The Bertz CT molecular complexity index is 3490. The average molecular weight is 1250 g/mol. The van der Waals surface area contributed by atoms with E-state index in [4.69, 9.17) is 23.4 Å². The summed E-state index contributed by atoms with van der Waals surface area (Å²) in [5.41, 5.74) is 1.81. The number of anilines is 1. The highest BCUT2D eigenvalue weighted by molar-refractivity contribution is 6.25. The van der Waals surface area contributed by atoms with Crippen LogP contribution >= 0.6 is 0 Å². The minimum atomic E-state index is -2.99. The summed E-state index contributed by atoms with van der Waals surface area (Å²) in [4.78, 5) is 130. The number of Topliss-reactive ketones (excluding diaryl/α,β-unsaturated/α-hetero) is 1. The molecule has 1 unspecified atom stereocenters. The van der Waals surface area contributed by atoms with Crippen LogP contribution in [0.25, 0.3) is 17.1 Å². The summed E-state index contributed by atoms with van der Waals surface area (Å²) in [6.07, 6.45) is 5.76. The Kier molecular flexibility index (Phi) is 20.6. The normalized spacial score (nSPS) is 19.5. The van der Waals surface area contributed by atoms with Crippen molar-refractivity contribution in [3.8, 4) is 17.1 Å². The summed E-state index contributed by atoms with van der Waals surface area (Å²) < 4.78 is 58.4. The monoisotopic (exact) mass is 1250 g/mol. The predicted octanol–water partition coefficient (Wildman–Crippen LogP) is 4.60. The molecule has 0 bridgehead atoms. The van der Waals surface area contributed by atoms with Crippen LogP contribution in [0.2, 0.25) is 0 Å². The summed E-state index contributed by atoms with van der Waals surface area (Å²) >= 11 is 0. The van der Waals surface area contributed by atoms with E-state index in [1.54, 1.807) is 69.4 Å². The molecule has 1 aliphatic carbocycles. The highest BCUT2D eigenvalue weighted by atomic mass is 19.3. The number of amides is 7. The van der Waals surface area contributed by atoms with Gasteiger partial charge >= 0.3 is 5.97 Å². The van der Waals surface area contributed by atoms with Crippen molar-refractivity contribution in [2.24, 2.45) is 11.3 Å². The predicted molar refractivity (Wildman–Crippen MR) is 316 cm³/mol. The molecule has 7 heterocycles. The van der Waals surface area contributed by atoms with Gasteiger partial charge in [-0.1, -0.05) is 51.8 Å². The van der Waals surface area contributed by atoms with E-state index in [0.29, 0.717) is 35.5 Å². The van der Waals surface area contributed by atoms with Gasteiger partial charge in [0.25, 0.3) is 18.2 Å². The second-order valence-corrected chi connectivity index (χ2v) is 24.0. The number of nitrogens with one attached hydrogen (secondary N) is 5. The molecule has 90 heavy (non-hydrogen) atoms. The van der Waals surface area contributed by atoms with Gasteiger partial charge in [-0.15, -0.1) is 0 Å². The Morgan fingerprint density at radius 3 is 2.39 bits per heavy atom. The topological polar surface area (TPSA) is 314 Å². The highest BCUT2D eigenvalue weighted by Crippen LogP contribution is 2.35. The van der Waals surface area contributed by atoms with Crippen LogP contribution in [-0.4, -0.2) is 172 Å². The quantitative estimate of drug-likeness (QED) is 0.0189. The lowest BCUT2D eigenvalue weighted by atomic mass is 9.85. The number of rotatable bonds is 29. The fourth-order valence-electron chi connectivity index (χ4n) is 11.3.